The summed E-state index contributed by atoms with van der Waals surface area (Å²) >= 11 is 0. The van der Waals surface area contributed by atoms with E-state index in [1.165, 1.54) is 19.3 Å². The largest absolute Gasteiger partial charge is 0.504 e. The fourth-order valence-electron chi connectivity index (χ4n) is 2.59. The van der Waals surface area contributed by atoms with Crippen LogP contribution in [0.5, 0.6) is 11.5 Å². The SMILES string of the molecule is COc1cc(C=CC(=O)c2cnc3ccccc3c2C)ccc1O. The van der Waals surface area contributed by atoms with Crippen LogP contribution in [-0.4, -0.2) is 23.0 Å². The normalized spacial score (nSPS) is 11.1. The van der Waals surface area contributed by atoms with Gasteiger partial charge in [-0.3, -0.25) is 9.78 Å². The van der Waals surface area contributed by atoms with E-state index in [-0.39, 0.29) is 11.5 Å². The van der Waals surface area contributed by atoms with Crippen molar-refractivity contribution in [2.75, 3.05) is 7.11 Å². The van der Waals surface area contributed by atoms with Gasteiger partial charge in [0, 0.05) is 17.1 Å². The van der Waals surface area contributed by atoms with E-state index in [1.807, 2.05) is 31.2 Å². The molecule has 0 atom stereocenters. The average Bonchev–Trinajstić information content (AvgIpc) is 2.61. The molecule has 1 N–H and O–H groups in total. The zero-order valence-electron chi connectivity index (χ0n) is 13.5. The zero-order chi connectivity index (χ0) is 17.1. The maximum absolute atomic E-state index is 12.5. The fourth-order valence-corrected chi connectivity index (χ4v) is 2.59. The number of hydrogen-bond acceptors (Lipinski definition) is 4. The Balaban J connectivity index is 1.91. The van der Waals surface area contributed by atoms with Gasteiger partial charge in [-0.1, -0.05) is 30.3 Å². The summed E-state index contributed by atoms with van der Waals surface area (Å²) in [5, 5.41) is 10.6. The zero-order valence-corrected chi connectivity index (χ0v) is 13.5. The number of carbonyl (C=O) groups is 1. The van der Waals surface area contributed by atoms with Crippen LogP contribution in [0.3, 0.4) is 0 Å². The summed E-state index contributed by atoms with van der Waals surface area (Å²) in [4.78, 5) is 16.8. The third-order valence-electron chi connectivity index (χ3n) is 3.94. The predicted molar refractivity (Wildman–Crippen MR) is 94.5 cm³/mol. The summed E-state index contributed by atoms with van der Waals surface area (Å²) in [7, 11) is 1.48. The van der Waals surface area contributed by atoms with Gasteiger partial charge in [0.25, 0.3) is 0 Å². The van der Waals surface area contributed by atoms with Gasteiger partial charge in [-0.15, -0.1) is 0 Å². The monoisotopic (exact) mass is 319 g/mol. The van der Waals surface area contributed by atoms with Crippen molar-refractivity contribution in [3.05, 3.63) is 71.4 Å². The van der Waals surface area contributed by atoms with Crippen molar-refractivity contribution in [3.8, 4) is 11.5 Å². The van der Waals surface area contributed by atoms with Crippen molar-refractivity contribution in [1.82, 2.24) is 4.98 Å². The van der Waals surface area contributed by atoms with Gasteiger partial charge in [-0.25, -0.2) is 0 Å². The molecule has 0 saturated carbocycles. The van der Waals surface area contributed by atoms with Crippen molar-refractivity contribution < 1.29 is 14.6 Å². The van der Waals surface area contributed by atoms with Gasteiger partial charge in [0.1, 0.15) is 0 Å². The van der Waals surface area contributed by atoms with Crippen LogP contribution in [0.25, 0.3) is 17.0 Å². The molecule has 0 fully saturated rings. The van der Waals surface area contributed by atoms with Crippen molar-refractivity contribution in [1.29, 1.82) is 0 Å². The van der Waals surface area contributed by atoms with E-state index in [2.05, 4.69) is 4.98 Å². The smallest absolute Gasteiger partial charge is 0.187 e. The molecule has 0 unspecified atom stereocenters. The highest BCUT2D eigenvalue weighted by Crippen LogP contribution is 2.27. The van der Waals surface area contributed by atoms with E-state index < -0.39 is 0 Å². The van der Waals surface area contributed by atoms with Gasteiger partial charge < -0.3 is 9.84 Å². The number of fused-ring (bicyclic) bond motifs is 1. The van der Waals surface area contributed by atoms with Crippen LogP contribution in [-0.2, 0) is 0 Å². The van der Waals surface area contributed by atoms with E-state index in [0.29, 0.717) is 11.3 Å². The van der Waals surface area contributed by atoms with Gasteiger partial charge in [0.15, 0.2) is 17.3 Å². The van der Waals surface area contributed by atoms with Gasteiger partial charge in [-0.05, 0) is 42.3 Å². The molecule has 1 heterocycles. The summed E-state index contributed by atoms with van der Waals surface area (Å²) in [6, 6.07) is 12.7. The lowest BCUT2D eigenvalue weighted by Crippen LogP contribution is -2.00. The topological polar surface area (TPSA) is 59.4 Å². The first-order chi connectivity index (χ1) is 11.6. The molecule has 0 aliphatic carbocycles. The Kier molecular flexibility index (Phi) is 4.29. The summed E-state index contributed by atoms with van der Waals surface area (Å²) in [5.74, 6) is 0.321. The highest BCUT2D eigenvalue weighted by Gasteiger charge is 2.10. The number of allylic oxidation sites excluding steroid dienone is 1. The molecule has 0 aliphatic rings. The molecule has 3 aromatic rings. The van der Waals surface area contributed by atoms with Crippen molar-refractivity contribution in [2.24, 2.45) is 0 Å². The van der Waals surface area contributed by atoms with Crippen LogP contribution in [0.1, 0.15) is 21.5 Å². The number of ether oxygens (including phenoxy) is 1. The second-order valence-corrected chi connectivity index (χ2v) is 5.44. The average molecular weight is 319 g/mol. The quantitative estimate of drug-likeness (QED) is 0.579. The number of aryl methyl sites for hydroxylation is 1. The van der Waals surface area contributed by atoms with Crippen molar-refractivity contribution in [2.45, 2.75) is 6.92 Å². The highest BCUT2D eigenvalue weighted by molar-refractivity contribution is 6.09. The Bertz CT molecular complexity index is 945. The van der Waals surface area contributed by atoms with E-state index in [1.54, 1.807) is 24.4 Å². The molecule has 0 amide bonds. The van der Waals surface area contributed by atoms with Crippen LogP contribution in [0.2, 0.25) is 0 Å². The Morgan fingerprint density at radius 3 is 2.79 bits per heavy atom. The number of aromatic hydroxyl groups is 1. The first kappa shape index (κ1) is 15.7. The van der Waals surface area contributed by atoms with Crippen LogP contribution >= 0.6 is 0 Å². The number of aromatic nitrogens is 1. The van der Waals surface area contributed by atoms with Crippen LogP contribution in [0, 0.1) is 6.92 Å². The van der Waals surface area contributed by atoms with Gasteiger partial charge in [0.2, 0.25) is 0 Å². The Morgan fingerprint density at radius 1 is 1.21 bits per heavy atom. The number of benzene rings is 2. The predicted octanol–water partition coefficient (Wildman–Crippen LogP) is 4.15. The van der Waals surface area contributed by atoms with Crippen LogP contribution in [0.4, 0.5) is 0 Å². The van der Waals surface area contributed by atoms with Gasteiger partial charge in [-0.2, -0.15) is 0 Å². The second kappa shape index (κ2) is 6.54. The number of phenols is 1. The summed E-state index contributed by atoms with van der Waals surface area (Å²) in [6.45, 7) is 1.93. The number of phenolic OH excluding ortho intramolecular Hbond substituents is 1. The minimum absolute atomic E-state index is 0.0653. The Hall–Kier alpha value is -3.14. The molecule has 2 aromatic carbocycles. The molecule has 24 heavy (non-hydrogen) atoms. The minimum atomic E-state index is -0.113. The van der Waals surface area contributed by atoms with Gasteiger partial charge >= 0.3 is 0 Å². The number of nitrogens with zero attached hydrogens (tertiary/aromatic N) is 1. The molecule has 1 aromatic heterocycles. The number of ketones is 1. The first-order valence-electron chi connectivity index (χ1n) is 7.54. The minimum Gasteiger partial charge on any atom is -0.504 e. The van der Waals surface area contributed by atoms with Crippen molar-refractivity contribution >= 4 is 22.8 Å². The molecule has 0 bridgehead atoms. The van der Waals surface area contributed by atoms with E-state index in [0.717, 1.165) is 22.0 Å². The lowest BCUT2D eigenvalue weighted by atomic mass is 10.0. The Morgan fingerprint density at radius 2 is 2.00 bits per heavy atom. The maximum atomic E-state index is 12.5. The first-order valence-corrected chi connectivity index (χ1v) is 7.54. The molecule has 0 radical (unpaired) electrons. The molecule has 3 rings (SSSR count). The Labute approximate surface area is 140 Å². The van der Waals surface area contributed by atoms with Crippen molar-refractivity contribution in [3.63, 3.8) is 0 Å². The molecular weight excluding hydrogens is 302 g/mol. The second-order valence-electron chi connectivity index (χ2n) is 5.44. The van der Waals surface area contributed by atoms with Gasteiger partial charge in [0.05, 0.1) is 12.6 Å². The molecule has 0 aliphatic heterocycles. The highest BCUT2D eigenvalue weighted by atomic mass is 16.5. The molecule has 120 valence electrons. The number of carbonyl (C=O) groups excluding carboxylic acids is 1. The molecule has 4 nitrogen and oxygen atoms in total. The third-order valence-corrected chi connectivity index (χ3v) is 3.94. The molecular formula is C20H17NO3. The van der Waals surface area contributed by atoms with E-state index in [9.17, 15) is 9.90 Å². The van der Waals surface area contributed by atoms with E-state index >= 15 is 0 Å². The molecule has 4 heteroatoms. The number of pyridine rings is 1. The summed E-state index contributed by atoms with van der Waals surface area (Å²) in [5.41, 5.74) is 3.14. The lowest BCUT2D eigenvalue weighted by Gasteiger charge is -2.06. The molecule has 0 saturated heterocycles. The number of rotatable bonds is 4. The number of para-hydroxylation sites is 1. The number of hydrogen-bond donors (Lipinski definition) is 1. The van der Waals surface area contributed by atoms with Crippen LogP contribution in [0.15, 0.2) is 54.7 Å². The van der Waals surface area contributed by atoms with Crippen LogP contribution < -0.4 is 4.74 Å². The maximum Gasteiger partial charge on any atom is 0.187 e. The summed E-state index contributed by atoms with van der Waals surface area (Å²) in [6.07, 6.45) is 4.81. The van der Waals surface area contributed by atoms with E-state index in [4.69, 9.17) is 4.74 Å². The third kappa shape index (κ3) is 2.99. The summed E-state index contributed by atoms with van der Waals surface area (Å²) < 4.78 is 5.07. The lowest BCUT2D eigenvalue weighted by molar-refractivity contribution is 0.104. The fraction of sp³-hybridized carbons (Fsp3) is 0.100. The standard InChI is InChI=1S/C20H17NO3/c1-13-15-5-3-4-6-17(15)21-12-16(13)18(22)9-7-14-8-10-19(23)20(11-14)24-2/h3-12,23H,1-2H3. The molecule has 0 spiro atoms. The number of methoxy groups -OCH3 is 1.